The number of carboxylic acids is 1. The molecule has 0 fully saturated rings. The van der Waals surface area contributed by atoms with E-state index in [1.54, 1.807) is 22.8 Å². The third-order valence-electron chi connectivity index (χ3n) is 3.28. The zero-order valence-corrected chi connectivity index (χ0v) is 13.4. The third-order valence-corrected chi connectivity index (χ3v) is 5.78. The van der Waals surface area contributed by atoms with Gasteiger partial charge in [0.15, 0.2) is 6.04 Å². The zero-order valence-electron chi connectivity index (χ0n) is 10.2. The van der Waals surface area contributed by atoms with Crippen molar-refractivity contribution in [1.29, 1.82) is 0 Å². The van der Waals surface area contributed by atoms with Gasteiger partial charge >= 0.3 is 5.97 Å². The number of thiophene rings is 2. The largest absolute Gasteiger partial charge is 0.479 e. The predicted octanol–water partition coefficient (Wildman–Crippen LogP) is 3.40. The Morgan fingerprint density at radius 1 is 1.40 bits per heavy atom. The predicted molar refractivity (Wildman–Crippen MR) is 81.5 cm³/mol. The van der Waals surface area contributed by atoms with Gasteiger partial charge in [-0.05, 0) is 45.4 Å². The van der Waals surface area contributed by atoms with Crippen molar-refractivity contribution in [3.05, 3.63) is 42.7 Å². The second kappa shape index (κ2) is 5.31. The van der Waals surface area contributed by atoms with Crippen molar-refractivity contribution in [2.45, 2.75) is 12.5 Å². The van der Waals surface area contributed by atoms with E-state index in [2.05, 4.69) is 15.9 Å². The number of fused-ring (bicyclic) bond motifs is 1. The van der Waals surface area contributed by atoms with Crippen LogP contribution in [-0.2, 0) is 11.2 Å². The molecule has 2 aromatic heterocycles. The second-order valence-electron chi connectivity index (χ2n) is 4.43. The van der Waals surface area contributed by atoms with Gasteiger partial charge in [0.05, 0.1) is 9.35 Å². The molecule has 2 aromatic rings. The molecule has 0 spiro atoms. The Hall–Kier alpha value is -1.18. The SMILES string of the molecule is O=C(O)C1c2ccsc2CCN1C(=O)c1csc(Br)c1. The van der Waals surface area contributed by atoms with Gasteiger partial charge in [0.25, 0.3) is 5.91 Å². The van der Waals surface area contributed by atoms with Crippen molar-refractivity contribution < 1.29 is 14.7 Å². The summed E-state index contributed by atoms with van der Waals surface area (Å²) in [7, 11) is 0. The van der Waals surface area contributed by atoms with Crippen molar-refractivity contribution >= 4 is 50.5 Å². The van der Waals surface area contributed by atoms with E-state index in [1.807, 2.05) is 11.4 Å². The molecule has 0 bridgehead atoms. The zero-order chi connectivity index (χ0) is 14.3. The van der Waals surface area contributed by atoms with Crippen LogP contribution in [-0.4, -0.2) is 28.4 Å². The maximum absolute atomic E-state index is 12.5. The normalized spacial score (nSPS) is 17.9. The molecule has 0 saturated carbocycles. The average molecular weight is 372 g/mol. The number of nitrogens with zero attached hydrogens (tertiary/aromatic N) is 1. The molecule has 1 aliphatic rings. The molecular formula is C13H10BrNO3S2. The molecule has 7 heteroatoms. The topological polar surface area (TPSA) is 57.6 Å². The first-order chi connectivity index (χ1) is 9.58. The summed E-state index contributed by atoms with van der Waals surface area (Å²) in [4.78, 5) is 26.6. The molecule has 0 radical (unpaired) electrons. The van der Waals surface area contributed by atoms with Gasteiger partial charge in [-0.3, -0.25) is 4.79 Å². The number of halogens is 1. The van der Waals surface area contributed by atoms with E-state index in [-0.39, 0.29) is 5.91 Å². The molecule has 20 heavy (non-hydrogen) atoms. The Kier molecular flexibility index (Phi) is 3.66. The van der Waals surface area contributed by atoms with Gasteiger partial charge in [-0.1, -0.05) is 0 Å². The van der Waals surface area contributed by atoms with Gasteiger partial charge in [-0.2, -0.15) is 0 Å². The van der Waals surface area contributed by atoms with E-state index < -0.39 is 12.0 Å². The lowest BCUT2D eigenvalue weighted by molar-refractivity contribution is -0.142. The number of carbonyl (C=O) groups excluding carboxylic acids is 1. The highest BCUT2D eigenvalue weighted by Crippen LogP contribution is 2.35. The van der Waals surface area contributed by atoms with E-state index in [0.717, 1.165) is 14.2 Å². The molecule has 0 saturated heterocycles. The fourth-order valence-electron chi connectivity index (χ4n) is 2.39. The molecule has 1 atom stereocenters. The summed E-state index contributed by atoms with van der Waals surface area (Å²) >= 11 is 6.29. The molecule has 1 aliphatic heterocycles. The maximum atomic E-state index is 12.5. The fraction of sp³-hybridized carbons (Fsp3) is 0.231. The van der Waals surface area contributed by atoms with Crippen molar-refractivity contribution in [2.75, 3.05) is 6.54 Å². The van der Waals surface area contributed by atoms with Crippen molar-refractivity contribution in [1.82, 2.24) is 4.90 Å². The summed E-state index contributed by atoms with van der Waals surface area (Å²) < 4.78 is 0.862. The molecule has 0 aromatic carbocycles. The lowest BCUT2D eigenvalue weighted by Gasteiger charge is -2.33. The van der Waals surface area contributed by atoms with E-state index in [1.165, 1.54) is 16.2 Å². The third kappa shape index (κ3) is 2.30. The highest BCUT2D eigenvalue weighted by Gasteiger charge is 2.37. The number of carbonyl (C=O) groups is 2. The standard InChI is InChI=1S/C13H10BrNO3S2/c14-10-5-7(6-20-10)12(16)15-3-1-9-8(2-4-19-9)11(15)13(17)18/h2,4-6,11H,1,3H2,(H,17,18). The minimum atomic E-state index is -0.980. The average Bonchev–Trinajstić information content (AvgIpc) is 3.04. The highest BCUT2D eigenvalue weighted by atomic mass is 79.9. The highest BCUT2D eigenvalue weighted by molar-refractivity contribution is 9.11. The monoisotopic (exact) mass is 371 g/mol. The Morgan fingerprint density at radius 3 is 2.85 bits per heavy atom. The van der Waals surface area contributed by atoms with Gasteiger partial charge in [0, 0.05) is 16.8 Å². The lowest BCUT2D eigenvalue weighted by Crippen LogP contribution is -2.42. The Labute approximate surface area is 131 Å². The summed E-state index contributed by atoms with van der Waals surface area (Å²) in [6, 6.07) is 2.66. The molecular weight excluding hydrogens is 362 g/mol. The number of aliphatic carboxylic acids is 1. The smallest absolute Gasteiger partial charge is 0.331 e. The van der Waals surface area contributed by atoms with Gasteiger partial charge < -0.3 is 10.0 Å². The van der Waals surface area contributed by atoms with Crippen LogP contribution in [0.15, 0.2) is 26.7 Å². The summed E-state index contributed by atoms with van der Waals surface area (Å²) in [6.07, 6.45) is 0.716. The summed E-state index contributed by atoms with van der Waals surface area (Å²) in [5.41, 5.74) is 1.28. The second-order valence-corrected chi connectivity index (χ2v) is 7.72. The first kappa shape index (κ1) is 13.8. The molecule has 1 amide bonds. The van der Waals surface area contributed by atoms with Gasteiger partial charge in [0.2, 0.25) is 0 Å². The fourth-order valence-corrected chi connectivity index (χ4v) is 4.42. The van der Waals surface area contributed by atoms with Crippen LogP contribution in [0.3, 0.4) is 0 Å². The van der Waals surface area contributed by atoms with Gasteiger partial charge in [0.1, 0.15) is 0 Å². The molecule has 3 heterocycles. The molecule has 3 rings (SSSR count). The maximum Gasteiger partial charge on any atom is 0.331 e. The molecule has 1 N–H and O–H groups in total. The summed E-state index contributed by atoms with van der Waals surface area (Å²) in [5.74, 6) is -1.21. The quantitative estimate of drug-likeness (QED) is 0.879. The van der Waals surface area contributed by atoms with Crippen molar-refractivity contribution in [3.8, 4) is 0 Å². The van der Waals surface area contributed by atoms with Crippen molar-refractivity contribution in [3.63, 3.8) is 0 Å². The van der Waals surface area contributed by atoms with Crippen LogP contribution in [0.5, 0.6) is 0 Å². The number of rotatable bonds is 2. The molecule has 104 valence electrons. The van der Waals surface area contributed by atoms with E-state index in [0.29, 0.717) is 18.5 Å². The van der Waals surface area contributed by atoms with Gasteiger partial charge in [-0.15, -0.1) is 22.7 Å². The molecule has 1 unspecified atom stereocenters. The first-order valence-corrected chi connectivity index (χ1v) is 8.47. The van der Waals surface area contributed by atoms with E-state index in [9.17, 15) is 14.7 Å². The first-order valence-electron chi connectivity index (χ1n) is 5.92. The Morgan fingerprint density at radius 2 is 2.20 bits per heavy atom. The van der Waals surface area contributed by atoms with Crippen LogP contribution >= 0.6 is 38.6 Å². The molecule has 4 nitrogen and oxygen atoms in total. The number of hydrogen-bond acceptors (Lipinski definition) is 4. The van der Waals surface area contributed by atoms with Crippen LogP contribution in [0.1, 0.15) is 26.8 Å². The Bertz CT molecular complexity index is 679. The number of hydrogen-bond donors (Lipinski definition) is 1. The van der Waals surface area contributed by atoms with Gasteiger partial charge in [-0.25, -0.2) is 4.79 Å². The van der Waals surface area contributed by atoms with E-state index >= 15 is 0 Å². The minimum Gasteiger partial charge on any atom is -0.479 e. The van der Waals surface area contributed by atoms with Crippen LogP contribution in [0.4, 0.5) is 0 Å². The Balaban J connectivity index is 1.97. The minimum absolute atomic E-state index is 0.226. The van der Waals surface area contributed by atoms with Crippen LogP contribution < -0.4 is 0 Å². The van der Waals surface area contributed by atoms with Crippen LogP contribution in [0, 0.1) is 0 Å². The molecule has 0 aliphatic carbocycles. The van der Waals surface area contributed by atoms with Crippen LogP contribution in [0.2, 0.25) is 0 Å². The van der Waals surface area contributed by atoms with Crippen LogP contribution in [0.25, 0.3) is 0 Å². The summed E-state index contributed by atoms with van der Waals surface area (Å²) in [5, 5.41) is 13.1. The summed E-state index contributed by atoms with van der Waals surface area (Å²) in [6.45, 7) is 0.441. The van der Waals surface area contributed by atoms with E-state index in [4.69, 9.17) is 0 Å². The number of amides is 1. The lowest BCUT2D eigenvalue weighted by atomic mass is 9.99. The number of carboxylic acid groups (broad SMARTS) is 1. The van der Waals surface area contributed by atoms with Crippen molar-refractivity contribution in [2.24, 2.45) is 0 Å².